The quantitative estimate of drug-likeness (QED) is 0.739. The van der Waals surface area contributed by atoms with Crippen LogP contribution >= 0.6 is 12.6 Å². The molecule has 0 spiro atoms. The molecule has 17 heavy (non-hydrogen) atoms. The molecule has 1 amide bonds. The fourth-order valence-corrected chi connectivity index (χ4v) is 2.24. The Morgan fingerprint density at radius 2 is 1.82 bits per heavy atom. The molecule has 0 aromatic heterocycles. The molecule has 0 aromatic rings. The molecule has 1 fully saturated rings. The standard InChI is InChI=1S/C13H26N2OS/c1-10(2)12(17)13(16)14-9-11(3)15-7-5-4-6-8-15/h10-12,17H,4-9H2,1-3H3,(H,14,16). The molecule has 1 aliphatic rings. The lowest BCUT2D eigenvalue weighted by atomic mass is 10.1. The largest absolute Gasteiger partial charge is 0.354 e. The summed E-state index contributed by atoms with van der Waals surface area (Å²) in [5, 5.41) is 2.81. The van der Waals surface area contributed by atoms with Crippen LogP contribution in [0.5, 0.6) is 0 Å². The summed E-state index contributed by atoms with van der Waals surface area (Å²) in [4.78, 5) is 14.2. The van der Waals surface area contributed by atoms with Crippen LogP contribution in [-0.4, -0.2) is 41.7 Å². The molecular formula is C13H26N2OS. The Morgan fingerprint density at radius 1 is 1.24 bits per heavy atom. The summed E-state index contributed by atoms with van der Waals surface area (Å²) in [6, 6.07) is 0.437. The van der Waals surface area contributed by atoms with Gasteiger partial charge in [0, 0.05) is 12.6 Å². The number of hydrogen-bond acceptors (Lipinski definition) is 3. The van der Waals surface area contributed by atoms with Gasteiger partial charge in [-0.2, -0.15) is 12.6 Å². The van der Waals surface area contributed by atoms with E-state index >= 15 is 0 Å². The molecule has 0 saturated carbocycles. The molecule has 1 aliphatic heterocycles. The second-order valence-corrected chi connectivity index (χ2v) is 5.94. The molecule has 2 unspecified atom stereocenters. The van der Waals surface area contributed by atoms with Gasteiger partial charge in [-0.1, -0.05) is 20.3 Å². The topological polar surface area (TPSA) is 32.3 Å². The van der Waals surface area contributed by atoms with E-state index in [4.69, 9.17) is 0 Å². The maximum absolute atomic E-state index is 11.8. The fourth-order valence-electron chi connectivity index (χ4n) is 2.14. The van der Waals surface area contributed by atoms with Crippen molar-refractivity contribution < 1.29 is 4.79 Å². The average Bonchev–Trinajstić information content (AvgIpc) is 2.35. The van der Waals surface area contributed by atoms with Gasteiger partial charge < -0.3 is 5.32 Å². The second-order valence-electron chi connectivity index (χ2n) is 5.38. The van der Waals surface area contributed by atoms with Gasteiger partial charge in [-0.15, -0.1) is 0 Å². The lowest BCUT2D eigenvalue weighted by molar-refractivity contribution is -0.121. The molecule has 3 nitrogen and oxygen atoms in total. The van der Waals surface area contributed by atoms with Crippen molar-refractivity contribution in [2.45, 2.75) is 51.3 Å². The zero-order valence-corrected chi connectivity index (χ0v) is 12.2. The molecule has 0 radical (unpaired) electrons. The maximum atomic E-state index is 11.8. The number of piperidine rings is 1. The van der Waals surface area contributed by atoms with Crippen LogP contribution in [0.3, 0.4) is 0 Å². The zero-order valence-electron chi connectivity index (χ0n) is 11.3. The Balaban J connectivity index is 2.27. The minimum atomic E-state index is -0.191. The van der Waals surface area contributed by atoms with Gasteiger partial charge >= 0.3 is 0 Å². The van der Waals surface area contributed by atoms with Crippen LogP contribution in [0.15, 0.2) is 0 Å². The highest BCUT2D eigenvalue weighted by Crippen LogP contribution is 2.12. The number of amides is 1. The van der Waals surface area contributed by atoms with Gasteiger partial charge in [-0.25, -0.2) is 0 Å². The first-order chi connectivity index (χ1) is 8.02. The van der Waals surface area contributed by atoms with Crippen molar-refractivity contribution in [3.8, 4) is 0 Å². The molecule has 1 heterocycles. The van der Waals surface area contributed by atoms with Crippen LogP contribution in [-0.2, 0) is 4.79 Å². The fraction of sp³-hybridized carbons (Fsp3) is 0.923. The number of likely N-dealkylation sites (tertiary alicyclic amines) is 1. The highest BCUT2D eigenvalue weighted by molar-refractivity contribution is 7.81. The van der Waals surface area contributed by atoms with Gasteiger partial charge in [0.15, 0.2) is 0 Å². The number of thiol groups is 1. The zero-order chi connectivity index (χ0) is 12.8. The summed E-state index contributed by atoms with van der Waals surface area (Å²) in [5.74, 6) is 0.343. The van der Waals surface area contributed by atoms with Gasteiger partial charge in [0.05, 0.1) is 5.25 Å². The van der Waals surface area contributed by atoms with E-state index < -0.39 is 0 Å². The molecule has 2 atom stereocenters. The molecule has 1 rings (SSSR count). The lowest BCUT2D eigenvalue weighted by Crippen LogP contribution is -2.46. The van der Waals surface area contributed by atoms with Crippen LogP contribution in [0.4, 0.5) is 0 Å². The van der Waals surface area contributed by atoms with Crippen LogP contribution in [0.25, 0.3) is 0 Å². The summed E-state index contributed by atoms with van der Waals surface area (Å²) in [6.07, 6.45) is 3.93. The minimum absolute atomic E-state index is 0.0622. The molecule has 100 valence electrons. The van der Waals surface area contributed by atoms with Gasteiger partial charge in [0.2, 0.25) is 5.91 Å². The molecule has 4 heteroatoms. The van der Waals surface area contributed by atoms with Crippen molar-refractivity contribution in [3.05, 3.63) is 0 Å². The van der Waals surface area contributed by atoms with Crippen molar-refractivity contribution in [3.63, 3.8) is 0 Å². The monoisotopic (exact) mass is 258 g/mol. The smallest absolute Gasteiger partial charge is 0.233 e. The highest BCUT2D eigenvalue weighted by Gasteiger charge is 2.20. The number of nitrogens with zero attached hydrogens (tertiary/aromatic N) is 1. The van der Waals surface area contributed by atoms with Crippen LogP contribution in [0.1, 0.15) is 40.0 Å². The number of carbonyl (C=O) groups excluding carboxylic acids is 1. The van der Waals surface area contributed by atoms with E-state index in [0.717, 1.165) is 6.54 Å². The van der Waals surface area contributed by atoms with Gasteiger partial charge in [0.1, 0.15) is 0 Å². The van der Waals surface area contributed by atoms with E-state index in [1.807, 2.05) is 13.8 Å². The molecule has 1 saturated heterocycles. The van der Waals surface area contributed by atoms with E-state index in [1.54, 1.807) is 0 Å². The van der Waals surface area contributed by atoms with Crippen molar-refractivity contribution in [2.75, 3.05) is 19.6 Å². The molecule has 0 aliphatic carbocycles. The first kappa shape index (κ1) is 14.8. The van der Waals surface area contributed by atoms with Crippen molar-refractivity contribution in [2.24, 2.45) is 5.92 Å². The normalized spacial score (nSPS) is 21.2. The van der Waals surface area contributed by atoms with E-state index in [2.05, 4.69) is 29.8 Å². The molecule has 0 bridgehead atoms. The first-order valence-electron chi connectivity index (χ1n) is 6.72. The highest BCUT2D eigenvalue weighted by atomic mass is 32.1. The first-order valence-corrected chi connectivity index (χ1v) is 7.24. The van der Waals surface area contributed by atoms with Gasteiger partial charge in [-0.3, -0.25) is 9.69 Å². The summed E-state index contributed by atoms with van der Waals surface area (Å²) in [6.45, 7) is 9.31. The summed E-state index contributed by atoms with van der Waals surface area (Å²) >= 11 is 4.32. The van der Waals surface area contributed by atoms with Crippen molar-refractivity contribution in [1.29, 1.82) is 0 Å². The Hall–Kier alpha value is -0.220. The minimum Gasteiger partial charge on any atom is -0.354 e. The summed E-state index contributed by atoms with van der Waals surface area (Å²) in [7, 11) is 0. The van der Waals surface area contributed by atoms with Crippen LogP contribution in [0, 0.1) is 5.92 Å². The third kappa shape index (κ3) is 4.88. The lowest BCUT2D eigenvalue weighted by Gasteiger charge is -2.32. The van der Waals surface area contributed by atoms with Crippen LogP contribution < -0.4 is 5.32 Å². The SMILES string of the molecule is CC(C)C(S)C(=O)NCC(C)N1CCCCC1. The predicted octanol–water partition coefficient (Wildman–Crippen LogP) is 1.93. The van der Waals surface area contributed by atoms with Crippen molar-refractivity contribution >= 4 is 18.5 Å². The third-order valence-corrected chi connectivity index (χ3v) is 4.32. The van der Waals surface area contributed by atoms with E-state index in [0.29, 0.717) is 6.04 Å². The Bertz CT molecular complexity index is 240. The number of hydrogen-bond donors (Lipinski definition) is 2. The van der Waals surface area contributed by atoms with Gasteiger partial charge in [-0.05, 0) is 38.8 Å². The number of rotatable bonds is 5. The Kier molecular flexibility index (Phi) is 6.34. The van der Waals surface area contributed by atoms with E-state index in [9.17, 15) is 4.79 Å². The predicted molar refractivity (Wildman–Crippen MR) is 75.5 cm³/mol. The second kappa shape index (κ2) is 7.27. The van der Waals surface area contributed by atoms with Crippen molar-refractivity contribution in [1.82, 2.24) is 10.2 Å². The van der Waals surface area contributed by atoms with E-state index in [-0.39, 0.29) is 17.1 Å². The Labute approximate surface area is 111 Å². The van der Waals surface area contributed by atoms with Gasteiger partial charge in [0.25, 0.3) is 0 Å². The average molecular weight is 258 g/mol. The maximum Gasteiger partial charge on any atom is 0.233 e. The third-order valence-electron chi connectivity index (χ3n) is 3.49. The Morgan fingerprint density at radius 3 is 2.35 bits per heavy atom. The van der Waals surface area contributed by atoms with Crippen LogP contribution in [0.2, 0.25) is 0 Å². The van der Waals surface area contributed by atoms with E-state index in [1.165, 1.54) is 32.4 Å². The summed E-state index contributed by atoms with van der Waals surface area (Å²) < 4.78 is 0. The molecular weight excluding hydrogens is 232 g/mol. The number of carbonyl (C=O) groups is 1. The molecule has 0 aromatic carbocycles. The molecule has 1 N–H and O–H groups in total. The number of nitrogens with one attached hydrogen (secondary N) is 1. The summed E-state index contributed by atoms with van der Waals surface area (Å²) in [5.41, 5.74) is 0.